The molecule has 0 aliphatic heterocycles. The number of carbonyl (C=O) groups excluding carboxylic acids is 1. The summed E-state index contributed by atoms with van der Waals surface area (Å²) in [6.07, 6.45) is 1.44. The molecule has 1 N–H and O–H groups in total. The molecular weight excluding hydrogens is 326 g/mol. The SMILES string of the molecule is CN(C)c1cccc(NC(=O)c2ccc(S(=O)(=O)C3CC3)cc2)n1. The van der Waals surface area contributed by atoms with Gasteiger partial charge in [0, 0.05) is 19.7 Å². The summed E-state index contributed by atoms with van der Waals surface area (Å²) in [5.41, 5.74) is 0.391. The van der Waals surface area contributed by atoms with Gasteiger partial charge in [0.1, 0.15) is 11.6 Å². The van der Waals surface area contributed by atoms with Crippen molar-refractivity contribution in [3.8, 4) is 0 Å². The number of nitrogens with zero attached hydrogens (tertiary/aromatic N) is 2. The van der Waals surface area contributed by atoms with Gasteiger partial charge in [0.25, 0.3) is 5.91 Å². The van der Waals surface area contributed by atoms with E-state index in [1.807, 2.05) is 31.1 Å². The van der Waals surface area contributed by atoms with Crippen LogP contribution in [-0.2, 0) is 9.84 Å². The van der Waals surface area contributed by atoms with Crippen LogP contribution in [0.2, 0.25) is 0 Å². The minimum absolute atomic E-state index is 0.254. The largest absolute Gasteiger partial charge is 0.363 e. The van der Waals surface area contributed by atoms with Crippen LogP contribution in [0, 0.1) is 0 Å². The molecule has 3 rings (SSSR count). The maximum Gasteiger partial charge on any atom is 0.256 e. The molecule has 126 valence electrons. The lowest BCUT2D eigenvalue weighted by molar-refractivity contribution is 0.102. The number of carbonyl (C=O) groups is 1. The van der Waals surface area contributed by atoms with E-state index >= 15 is 0 Å². The summed E-state index contributed by atoms with van der Waals surface area (Å²) in [6, 6.07) is 11.4. The highest BCUT2D eigenvalue weighted by molar-refractivity contribution is 7.92. The van der Waals surface area contributed by atoms with Crippen molar-refractivity contribution in [3.63, 3.8) is 0 Å². The second-order valence-electron chi connectivity index (χ2n) is 6.00. The molecule has 2 aromatic rings. The molecule has 0 atom stereocenters. The third kappa shape index (κ3) is 3.41. The van der Waals surface area contributed by atoms with Crippen LogP contribution in [0.15, 0.2) is 47.4 Å². The highest BCUT2D eigenvalue weighted by Crippen LogP contribution is 2.33. The van der Waals surface area contributed by atoms with Crippen LogP contribution < -0.4 is 10.2 Å². The lowest BCUT2D eigenvalue weighted by Crippen LogP contribution is -2.16. The maximum absolute atomic E-state index is 12.3. The van der Waals surface area contributed by atoms with Crippen molar-refractivity contribution in [3.05, 3.63) is 48.0 Å². The highest BCUT2D eigenvalue weighted by atomic mass is 32.2. The average Bonchev–Trinajstić information content (AvgIpc) is 3.40. The van der Waals surface area contributed by atoms with Gasteiger partial charge in [-0.3, -0.25) is 4.79 Å². The van der Waals surface area contributed by atoms with Crippen LogP contribution in [-0.4, -0.2) is 38.7 Å². The number of amides is 1. The van der Waals surface area contributed by atoms with Crippen LogP contribution in [0.1, 0.15) is 23.2 Å². The second-order valence-corrected chi connectivity index (χ2v) is 8.23. The molecule has 1 saturated carbocycles. The summed E-state index contributed by atoms with van der Waals surface area (Å²) in [5.74, 6) is 0.855. The van der Waals surface area contributed by atoms with Crippen molar-refractivity contribution in [1.82, 2.24) is 4.98 Å². The zero-order valence-electron chi connectivity index (χ0n) is 13.6. The van der Waals surface area contributed by atoms with Crippen LogP contribution in [0.25, 0.3) is 0 Å². The third-order valence-corrected chi connectivity index (χ3v) is 6.12. The van der Waals surface area contributed by atoms with E-state index in [1.54, 1.807) is 6.07 Å². The Morgan fingerprint density at radius 3 is 2.38 bits per heavy atom. The number of hydrogen-bond acceptors (Lipinski definition) is 5. The molecule has 1 aromatic heterocycles. The molecule has 1 amide bonds. The van der Waals surface area contributed by atoms with Gasteiger partial charge < -0.3 is 10.2 Å². The number of anilines is 2. The summed E-state index contributed by atoms with van der Waals surface area (Å²) >= 11 is 0. The van der Waals surface area contributed by atoms with E-state index in [0.29, 0.717) is 11.4 Å². The molecule has 0 saturated heterocycles. The first-order valence-electron chi connectivity index (χ1n) is 7.67. The summed E-state index contributed by atoms with van der Waals surface area (Å²) in [4.78, 5) is 18.7. The van der Waals surface area contributed by atoms with Gasteiger partial charge in [-0.1, -0.05) is 6.07 Å². The van der Waals surface area contributed by atoms with Crippen molar-refractivity contribution in [2.75, 3.05) is 24.3 Å². The summed E-state index contributed by atoms with van der Waals surface area (Å²) in [6.45, 7) is 0. The third-order valence-electron chi connectivity index (χ3n) is 3.84. The maximum atomic E-state index is 12.3. The van der Waals surface area contributed by atoms with Gasteiger partial charge in [-0.15, -0.1) is 0 Å². The molecule has 0 unspecified atom stereocenters. The van der Waals surface area contributed by atoms with E-state index < -0.39 is 9.84 Å². The molecular formula is C17H19N3O3S. The molecule has 1 aliphatic rings. The first kappa shape index (κ1) is 16.4. The monoisotopic (exact) mass is 345 g/mol. The smallest absolute Gasteiger partial charge is 0.256 e. The Morgan fingerprint density at radius 2 is 1.79 bits per heavy atom. The van der Waals surface area contributed by atoms with E-state index in [-0.39, 0.29) is 16.1 Å². The molecule has 6 nitrogen and oxygen atoms in total. The van der Waals surface area contributed by atoms with E-state index in [2.05, 4.69) is 10.3 Å². The first-order valence-corrected chi connectivity index (χ1v) is 9.22. The molecule has 1 aliphatic carbocycles. The first-order chi connectivity index (χ1) is 11.4. The number of hydrogen-bond donors (Lipinski definition) is 1. The highest BCUT2D eigenvalue weighted by Gasteiger charge is 2.36. The minimum atomic E-state index is -3.23. The number of aromatic nitrogens is 1. The van der Waals surface area contributed by atoms with Gasteiger partial charge in [-0.05, 0) is 49.2 Å². The van der Waals surface area contributed by atoms with Crippen LogP contribution in [0.3, 0.4) is 0 Å². The molecule has 7 heteroatoms. The lowest BCUT2D eigenvalue weighted by atomic mass is 10.2. The van der Waals surface area contributed by atoms with Gasteiger partial charge in [0.15, 0.2) is 9.84 Å². The molecule has 1 aromatic carbocycles. The summed E-state index contributed by atoms with van der Waals surface area (Å²) in [7, 11) is 0.504. The predicted octanol–water partition coefficient (Wildman–Crippen LogP) is 2.34. The molecule has 24 heavy (non-hydrogen) atoms. The van der Waals surface area contributed by atoms with Gasteiger partial charge in [0.2, 0.25) is 0 Å². The van der Waals surface area contributed by atoms with Gasteiger partial charge in [-0.2, -0.15) is 0 Å². The van der Waals surface area contributed by atoms with Crippen molar-refractivity contribution in [2.45, 2.75) is 23.0 Å². The lowest BCUT2D eigenvalue weighted by Gasteiger charge is -2.12. The van der Waals surface area contributed by atoms with E-state index in [4.69, 9.17) is 0 Å². The van der Waals surface area contributed by atoms with Crippen molar-refractivity contribution < 1.29 is 13.2 Å². The van der Waals surface area contributed by atoms with Crippen LogP contribution >= 0.6 is 0 Å². The Morgan fingerprint density at radius 1 is 1.12 bits per heavy atom. The Hall–Kier alpha value is -2.41. The molecule has 0 spiro atoms. The van der Waals surface area contributed by atoms with Crippen LogP contribution in [0.5, 0.6) is 0 Å². The molecule has 0 radical (unpaired) electrons. The Balaban J connectivity index is 1.75. The fourth-order valence-corrected chi connectivity index (χ4v) is 3.95. The normalized spacial score (nSPS) is 14.2. The van der Waals surface area contributed by atoms with Gasteiger partial charge in [-0.25, -0.2) is 13.4 Å². The van der Waals surface area contributed by atoms with Crippen molar-refractivity contribution in [1.29, 1.82) is 0 Å². The number of benzene rings is 1. The topological polar surface area (TPSA) is 79.4 Å². The fourth-order valence-electron chi connectivity index (χ4n) is 2.30. The van der Waals surface area contributed by atoms with Gasteiger partial charge in [0.05, 0.1) is 10.1 Å². The fraction of sp³-hybridized carbons (Fsp3) is 0.294. The second kappa shape index (κ2) is 6.24. The summed E-state index contributed by atoms with van der Waals surface area (Å²) < 4.78 is 24.3. The molecule has 0 bridgehead atoms. The number of nitrogens with one attached hydrogen (secondary N) is 1. The van der Waals surface area contributed by atoms with Gasteiger partial charge >= 0.3 is 0 Å². The predicted molar refractivity (Wildman–Crippen MR) is 93.2 cm³/mol. The zero-order chi connectivity index (χ0) is 17.3. The average molecular weight is 345 g/mol. The van der Waals surface area contributed by atoms with Crippen molar-refractivity contribution >= 4 is 27.4 Å². The van der Waals surface area contributed by atoms with E-state index in [9.17, 15) is 13.2 Å². The Labute approximate surface area is 141 Å². The van der Waals surface area contributed by atoms with E-state index in [1.165, 1.54) is 24.3 Å². The minimum Gasteiger partial charge on any atom is -0.363 e. The standard InChI is InChI=1S/C17H19N3O3S/c1-20(2)16-5-3-4-15(18-16)19-17(21)12-6-8-13(9-7-12)24(22,23)14-10-11-14/h3-9,14H,10-11H2,1-2H3,(H,18,19,21). The zero-order valence-corrected chi connectivity index (χ0v) is 14.4. The van der Waals surface area contributed by atoms with E-state index in [0.717, 1.165) is 18.7 Å². The number of sulfone groups is 1. The quantitative estimate of drug-likeness (QED) is 0.900. The number of rotatable bonds is 5. The molecule has 1 heterocycles. The Bertz CT molecular complexity index is 857. The van der Waals surface area contributed by atoms with Crippen LogP contribution in [0.4, 0.5) is 11.6 Å². The summed E-state index contributed by atoms with van der Waals surface area (Å²) in [5, 5.41) is 2.47. The molecule has 1 fully saturated rings. The Kier molecular flexibility index (Phi) is 4.28. The van der Waals surface area contributed by atoms with Crippen molar-refractivity contribution in [2.24, 2.45) is 0 Å². The number of pyridine rings is 1.